The average Bonchev–Trinajstić information content (AvgIpc) is 2.98. The maximum Gasteiger partial charge on any atom is 0.214 e. The van der Waals surface area contributed by atoms with Crippen LogP contribution in [-0.4, -0.2) is 35.9 Å². The molecule has 0 N–H and O–H groups in total. The van der Waals surface area contributed by atoms with E-state index in [1.807, 2.05) is 12.1 Å². The van der Waals surface area contributed by atoms with Gasteiger partial charge in [-0.05, 0) is 31.4 Å². The summed E-state index contributed by atoms with van der Waals surface area (Å²) in [5.41, 5.74) is 2.13. The molecular weight excluding hydrogens is 272 g/mol. The van der Waals surface area contributed by atoms with Crippen LogP contribution in [0.25, 0.3) is 5.52 Å². The fourth-order valence-corrected chi connectivity index (χ4v) is 2.48. The first kappa shape index (κ1) is 14.0. The molecule has 0 aromatic carbocycles. The second-order valence-corrected chi connectivity index (χ2v) is 4.99. The third-order valence-corrected chi connectivity index (χ3v) is 3.59. The Morgan fingerprint density at radius 2 is 2.38 bits per heavy atom. The fourth-order valence-electron chi connectivity index (χ4n) is 2.48. The number of methoxy groups -OCH3 is 1. The summed E-state index contributed by atoms with van der Waals surface area (Å²) in [5, 5.41) is 4.19. The number of carbonyl (C=O) groups excluding carboxylic acids is 1. The molecule has 1 aliphatic heterocycles. The number of rotatable bonds is 5. The van der Waals surface area contributed by atoms with E-state index in [9.17, 15) is 4.79 Å². The van der Waals surface area contributed by atoms with Crippen LogP contribution < -0.4 is 4.74 Å². The van der Waals surface area contributed by atoms with Gasteiger partial charge >= 0.3 is 0 Å². The number of ether oxygens (including phenoxy) is 3. The molecule has 1 aliphatic rings. The van der Waals surface area contributed by atoms with E-state index in [1.165, 1.54) is 0 Å². The smallest absolute Gasteiger partial charge is 0.214 e. The summed E-state index contributed by atoms with van der Waals surface area (Å²) < 4.78 is 18.2. The lowest BCUT2D eigenvalue weighted by atomic mass is 10.2. The van der Waals surface area contributed by atoms with Crippen LogP contribution in [0.5, 0.6) is 5.88 Å². The van der Waals surface area contributed by atoms with E-state index >= 15 is 0 Å². The molecule has 3 heterocycles. The lowest BCUT2D eigenvalue weighted by Crippen LogP contribution is -2.22. The molecule has 6 nitrogen and oxygen atoms in total. The Bertz CT molecular complexity index is 632. The van der Waals surface area contributed by atoms with Gasteiger partial charge in [-0.3, -0.25) is 4.79 Å². The average molecular weight is 290 g/mol. The van der Waals surface area contributed by atoms with Gasteiger partial charge in [0.05, 0.1) is 19.2 Å². The molecule has 21 heavy (non-hydrogen) atoms. The lowest BCUT2D eigenvalue weighted by Gasteiger charge is -2.22. The summed E-state index contributed by atoms with van der Waals surface area (Å²) in [6.07, 6.45) is 3.73. The standard InChI is InChI=1S/C15H18N2O4/c1-19-14-6-5-11(10-21-15-4-2-3-7-20-15)13-8-12(9-18)16-17(13)14/h5-6,8-9,15H,2-4,7,10H2,1H3. The minimum atomic E-state index is -0.144. The first-order valence-electron chi connectivity index (χ1n) is 7.06. The van der Waals surface area contributed by atoms with Crippen molar-refractivity contribution in [3.63, 3.8) is 0 Å². The van der Waals surface area contributed by atoms with E-state index in [0.717, 1.165) is 43.2 Å². The van der Waals surface area contributed by atoms with Gasteiger partial charge < -0.3 is 14.2 Å². The number of hydrogen-bond acceptors (Lipinski definition) is 5. The lowest BCUT2D eigenvalue weighted by molar-refractivity contribution is -0.168. The van der Waals surface area contributed by atoms with Gasteiger partial charge in [0.1, 0.15) is 5.69 Å². The Kier molecular flexibility index (Phi) is 4.17. The minimum absolute atomic E-state index is 0.144. The zero-order chi connectivity index (χ0) is 14.7. The van der Waals surface area contributed by atoms with Crippen LogP contribution in [-0.2, 0) is 16.1 Å². The van der Waals surface area contributed by atoms with Crippen molar-refractivity contribution in [3.05, 3.63) is 29.5 Å². The highest BCUT2D eigenvalue weighted by atomic mass is 16.7. The van der Waals surface area contributed by atoms with E-state index in [0.29, 0.717) is 18.2 Å². The number of nitrogens with zero attached hydrogens (tertiary/aromatic N) is 2. The van der Waals surface area contributed by atoms with Crippen molar-refractivity contribution in [2.24, 2.45) is 0 Å². The second kappa shape index (κ2) is 6.24. The van der Waals surface area contributed by atoms with Crippen molar-refractivity contribution in [3.8, 4) is 5.88 Å². The van der Waals surface area contributed by atoms with Crippen LogP contribution in [0.15, 0.2) is 18.2 Å². The van der Waals surface area contributed by atoms with Crippen LogP contribution in [0.3, 0.4) is 0 Å². The monoisotopic (exact) mass is 290 g/mol. The topological polar surface area (TPSA) is 62.1 Å². The van der Waals surface area contributed by atoms with Crippen molar-refractivity contribution >= 4 is 11.8 Å². The molecule has 6 heteroatoms. The van der Waals surface area contributed by atoms with Gasteiger partial charge in [-0.2, -0.15) is 5.10 Å². The van der Waals surface area contributed by atoms with Crippen LogP contribution in [0.2, 0.25) is 0 Å². The van der Waals surface area contributed by atoms with Crippen LogP contribution in [0.4, 0.5) is 0 Å². The number of aromatic nitrogens is 2. The number of hydrogen-bond donors (Lipinski definition) is 0. The molecule has 2 aromatic heterocycles. The van der Waals surface area contributed by atoms with Crippen LogP contribution >= 0.6 is 0 Å². The Labute approximate surface area is 122 Å². The maximum atomic E-state index is 10.9. The molecule has 0 bridgehead atoms. The highest BCUT2D eigenvalue weighted by molar-refractivity contribution is 5.76. The zero-order valence-electron chi connectivity index (χ0n) is 11.9. The molecule has 1 saturated heterocycles. The van der Waals surface area contributed by atoms with E-state index in [-0.39, 0.29) is 6.29 Å². The third kappa shape index (κ3) is 2.91. The molecule has 1 unspecified atom stereocenters. The Balaban J connectivity index is 1.84. The highest BCUT2D eigenvalue weighted by Crippen LogP contribution is 2.22. The summed E-state index contributed by atoms with van der Waals surface area (Å²) >= 11 is 0. The molecular formula is C15H18N2O4. The molecule has 1 fully saturated rings. The largest absolute Gasteiger partial charge is 0.481 e. The molecule has 1 atom stereocenters. The summed E-state index contributed by atoms with van der Waals surface area (Å²) in [7, 11) is 1.57. The molecule has 0 amide bonds. The molecule has 3 rings (SSSR count). The summed E-state index contributed by atoms with van der Waals surface area (Å²) in [6, 6.07) is 5.47. The maximum absolute atomic E-state index is 10.9. The minimum Gasteiger partial charge on any atom is -0.481 e. The van der Waals surface area contributed by atoms with Gasteiger partial charge in [0.25, 0.3) is 0 Å². The normalized spacial score (nSPS) is 18.8. The molecule has 2 aromatic rings. The predicted molar refractivity (Wildman–Crippen MR) is 75.5 cm³/mol. The Morgan fingerprint density at radius 3 is 3.10 bits per heavy atom. The summed E-state index contributed by atoms with van der Waals surface area (Å²) in [4.78, 5) is 10.9. The number of aldehydes is 1. The molecule has 0 spiro atoms. The summed E-state index contributed by atoms with van der Waals surface area (Å²) in [5.74, 6) is 0.579. The highest BCUT2D eigenvalue weighted by Gasteiger charge is 2.16. The van der Waals surface area contributed by atoms with E-state index < -0.39 is 0 Å². The predicted octanol–water partition coefficient (Wildman–Crippen LogP) is 2.20. The SMILES string of the molecule is COc1ccc(COC2CCCCO2)c2cc(C=O)nn12. The van der Waals surface area contributed by atoms with Crippen molar-refractivity contribution in [2.75, 3.05) is 13.7 Å². The van der Waals surface area contributed by atoms with Gasteiger partial charge in [-0.25, -0.2) is 4.52 Å². The van der Waals surface area contributed by atoms with Gasteiger partial charge in [-0.1, -0.05) is 0 Å². The van der Waals surface area contributed by atoms with Crippen molar-refractivity contribution < 1.29 is 19.0 Å². The van der Waals surface area contributed by atoms with Gasteiger partial charge in [0, 0.05) is 18.2 Å². The number of fused-ring (bicyclic) bond motifs is 1. The van der Waals surface area contributed by atoms with E-state index in [2.05, 4.69) is 5.10 Å². The number of pyridine rings is 1. The first-order valence-corrected chi connectivity index (χ1v) is 7.06. The molecule has 0 aliphatic carbocycles. The van der Waals surface area contributed by atoms with Crippen molar-refractivity contribution in [1.82, 2.24) is 9.61 Å². The van der Waals surface area contributed by atoms with Crippen molar-refractivity contribution in [1.29, 1.82) is 0 Å². The molecule has 0 radical (unpaired) electrons. The Morgan fingerprint density at radius 1 is 1.48 bits per heavy atom. The van der Waals surface area contributed by atoms with Gasteiger partial charge in [0.15, 0.2) is 12.6 Å². The third-order valence-electron chi connectivity index (χ3n) is 3.59. The Hall–Kier alpha value is -1.92. The van der Waals surface area contributed by atoms with E-state index in [1.54, 1.807) is 17.7 Å². The van der Waals surface area contributed by atoms with E-state index in [4.69, 9.17) is 14.2 Å². The van der Waals surface area contributed by atoms with Gasteiger partial charge in [-0.15, -0.1) is 0 Å². The molecule has 112 valence electrons. The summed E-state index contributed by atoms with van der Waals surface area (Å²) in [6.45, 7) is 1.17. The quantitative estimate of drug-likeness (QED) is 0.790. The zero-order valence-corrected chi connectivity index (χ0v) is 11.9. The van der Waals surface area contributed by atoms with Gasteiger partial charge in [0.2, 0.25) is 5.88 Å². The fraction of sp³-hybridized carbons (Fsp3) is 0.467. The van der Waals surface area contributed by atoms with Crippen LogP contribution in [0, 0.1) is 0 Å². The second-order valence-electron chi connectivity index (χ2n) is 4.99. The first-order chi connectivity index (χ1) is 10.3. The van der Waals surface area contributed by atoms with Crippen LogP contribution in [0.1, 0.15) is 35.3 Å². The van der Waals surface area contributed by atoms with Crippen molar-refractivity contribution in [2.45, 2.75) is 32.2 Å². The molecule has 0 saturated carbocycles. The number of carbonyl (C=O) groups is 1.